The Morgan fingerprint density at radius 3 is 2.69 bits per heavy atom. The minimum Gasteiger partial charge on any atom is -0.496 e. The van der Waals surface area contributed by atoms with Crippen molar-refractivity contribution in [2.75, 3.05) is 7.11 Å². The van der Waals surface area contributed by atoms with Gasteiger partial charge < -0.3 is 19.2 Å². The zero-order valence-electron chi connectivity index (χ0n) is 14.0. The third-order valence-electron chi connectivity index (χ3n) is 3.62. The van der Waals surface area contributed by atoms with Crippen LogP contribution in [0.2, 0.25) is 0 Å². The predicted octanol–water partition coefficient (Wildman–Crippen LogP) is 3.56. The van der Waals surface area contributed by atoms with Crippen molar-refractivity contribution in [3.8, 4) is 5.75 Å². The lowest BCUT2D eigenvalue weighted by Crippen LogP contribution is -2.32. The van der Waals surface area contributed by atoms with Crippen LogP contribution in [0, 0.1) is 0 Å². The molecule has 1 atom stereocenters. The Balaban J connectivity index is 1.82. The van der Waals surface area contributed by atoms with Crippen molar-refractivity contribution in [2.24, 2.45) is 0 Å². The van der Waals surface area contributed by atoms with Gasteiger partial charge in [-0.1, -0.05) is 24.3 Å². The molecule has 0 radical (unpaired) electrons. The summed E-state index contributed by atoms with van der Waals surface area (Å²) in [4.78, 5) is 25.5. The fraction of sp³-hybridized carbons (Fsp3) is 0.158. The Labute approximate surface area is 154 Å². The number of amides is 1. The molecule has 1 amide bonds. The molecule has 0 aliphatic heterocycles. The van der Waals surface area contributed by atoms with E-state index in [-0.39, 0.29) is 6.54 Å². The average Bonchev–Trinajstić information content (AvgIpc) is 3.38. The van der Waals surface area contributed by atoms with Gasteiger partial charge in [-0.05, 0) is 29.6 Å². The predicted molar refractivity (Wildman–Crippen MR) is 96.0 cm³/mol. The highest BCUT2D eigenvalue weighted by atomic mass is 32.1. The van der Waals surface area contributed by atoms with Crippen molar-refractivity contribution in [3.05, 3.63) is 76.4 Å². The van der Waals surface area contributed by atoms with Gasteiger partial charge in [-0.3, -0.25) is 4.79 Å². The summed E-state index contributed by atoms with van der Waals surface area (Å²) in [6, 6.07) is 13.8. The highest BCUT2D eigenvalue weighted by molar-refractivity contribution is 7.11. The fourth-order valence-electron chi connectivity index (χ4n) is 2.38. The van der Waals surface area contributed by atoms with Gasteiger partial charge in [0.15, 0.2) is 0 Å². The molecule has 0 unspecified atom stereocenters. The van der Waals surface area contributed by atoms with Gasteiger partial charge in [0, 0.05) is 5.56 Å². The number of benzene rings is 1. The van der Waals surface area contributed by atoms with Crippen molar-refractivity contribution in [2.45, 2.75) is 12.6 Å². The number of ether oxygens (including phenoxy) is 2. The molecule has 1 aromatic carbocycles. The van der Waals surface area contributed by atoms with Gasteiger partial charge in [-0.2, -0.15) is 0 Å². The van der Waals surface area contributed by atoms with E-state index in [0.717, 1.165) is 0 Å². The molecular weight excluding hydrogens is 354 g/mol. The Kier molecular flexibility index (Phi) is 5.70. The van der Waals surface area contributed by atoms with Gasteiger partial charge in [0.2, 0.25) is 6.10 Å². The van der Waals surface area contributed by atoms with E-state index in [1.807, 2.05) is 0 Å². The van der Waals surface area contributed by atoms with Crippen LogP contribution in [0.4, 0.5) is 0 Å². The highest BCUT2D eigenvalue weighted by Crippen LogP contribution is 2.29. The molecule has 1 N–H and O–H groups in total. The van der Waals surface area contributed by atoms with Gasteiger partial charge in [-0.15, -0.1) is 11.3 Å². The van der Waals surface area contributed by atoms with E-state index in [1.165, 1.54) is 24.7 Å². The highest BCUT2D eigenvalue weighted by Gasteiger charge is 2.28. The third-order valence-corrected chi connectivity index (χ3v) is 4.47. The van der Waals surface area contributed by atoms with Gasteiger partial charge in [0.25, 0.3) is 5.91 Å². The molecule has 7 heteroatoms. The summed E-state index contributed by atoms with van der Waals surface area (Å²) < 4.78 is 16.0. The van der Waals surface area contributed by atoms with E-state index in [2.05, 4.69) is 5.32 Å². The molecule has 26 heavy (non-hydrogen) atoms. The SMILES string of the molecule is COc1ccccc1[C@@H](OC(=O)c1cccs1)C(=O)NCc1ccco1. The van der Waals surface area contributed by atoms with Crippen LogP contribution >= 0.6 is 11.3 Å². The molecule has 0 saturated carbocycles. The number of carbonyl (C=O) groups is 2. The molecular formula is C19H17NO5S. The Morgan fingerprint density at radius 2 is 2.00 bits per heavy atom. The second-order valence-electron chi connectivity index (χ2n) is 5.30. The number of furan rings is 1. The van der Waals surface area contributed by atoms with Crippen LogP contribution in [0.5, 0.6) is 5.75 Å². The first kappa shape index (κ1) is 17.8. The Morgan fingerprint density at radius 1 is 1.15 bits per heavy atom. The number of para-hydroxylation sites is 1. The molecule has 0 aliphatic rings. The van der Waals surface area contributed by atoms with Crippen LogP contribution in [0.1, 0.15) is 27.1 Å². The standard InChI is InChI=1S/C19H17NO5S/c1-23-15-8-3-2-7-14(15)17(25-19(22)16-9-5-11-26-16)18(21)20-12-13-6-4-10-24-13/h2-11,17H,12H2,1H3,(H,20,21)/t17-/m1/s1. The first-order valence-electron chi connectivity index (χ1n) is 7.86. The van der Waals surface area contributed by atoms with Crippen LogP contribution in [-0.2, 0) is 16.1 Å². The van der Waals surface area contributed by atoms with Crippen LogP contribution in [-0.4, -0.2) is 19.0 Å². The molecule has 0 aliphatic carbocycles. The topological polar surface area (TPSA) is 77.8 Å². The van der Waals surface area contributed by atoms with Crippen LogP contribution in [0.15, 0.2) is 64.6 Å². The lowest BCUT2D eigenvalue weighted by atomic mass is 10.1. The zero-order valence-corrected chi connectivity index (χ0v) is 14.8. The molecule has 0 bridgehead atoms. The maximum Gasteiger partial charge on any atom is 0.349 e. The second kappa shape index (κ2) is 8.35. The minimum absolute atomic E-state index is 0.189. The summed E-state index contributed by atoms with van der Waals surface area (Å²) in [5.41, 5.74) is 0.469. The molecule has 0 saturated heterocycles. The van der Waals surface area contributed by atoms with Crippen molar-refractivity contribution in [1.29, 1.82) is 0 Å². The van der Waals surface area contributed by atoms with Crippen LogP contribution in [0.25, 0.3) is 0 Å². The smallest absolute Gasteiger partial charge is 0.349 e. The summed E-state index contributed by atoms with van der Waals surface area (Å²) in [6.45, 7) is 0.189. The molecule has 0 fully saturated rings. The summed E-state index contributed by atoms with van der Waals surface area (Å²) in [6.07, 6.45) is 0.381. The van der Waals surface area contributed by atoms with E-state index in [1.54, 1.807) is 53.9 Å². The molecule has 134 valence electrons. The van der Waals surface area contributed by atoms with Gasteiger partial charge in [-0.25, -0.2) is 4.79 Å². The molecule has 2 aromatic heterocycles. The van der Waals surface area contributed by atoms with E-state index in [9.17, 15) is 9.59 Å². The zero-order chi connectivity index (χ0) is 18.4. The number of carbonyl (C=O) groups excluding carboxylic acids is 2. The maximum absolute atomic E-state index is 12.7. The van der Waals surface area contributed by atoms with Crippen molar-refractivity contribution in [1.82, 2.24) is 5.32 Å². The summed E-state index contributed by atoms with van der Waals surface area (Å²) >= 11 is 1.25. The maximum atomic E-state index is 12.7. The lowest BCUT2D eigenvalue weighted by Gasteiger charge is -2.19. The molecule has 0 spiro atoms. The number of nitrogens with one attached hydrogen (secondary N) is 1. The van der Waals surface area contributed by atoms with Gasteiger partial charge >= 0.3 is 5.97 Å². The first-order valence-corrected chi connectivity index (χ1v) is 8.74. The third kappa shape index (κ3) is 4.12. The number of methoxy groups -OCH3 is 1. The van der Waals surface area contributed by atoms with Crippen molar-refractivity contribution < 1.29 is 23.5 Å². The van der Waals surface area contributed by atoms with E-state index in [0.29, 0.717) is 22.0 Å². The lowest BCUT2D eigenvalue weighted by molar-refractivity contribution is -0.130. The number of esters is 1. The average molecular weight is 371 g/mol. The van der Waals surface area contributed by atoms with Crippen LogP contribution < -0.4 is 10.1 Å². The molecule has 2 heterocycles. The van der Waals surface area contributed by atoms with Crippen LogP contribution in [0.3, 0.4) is 0 Å². The van der Waals surface area contributed by atoms with E-state index >= 15 is 0 Å². The second-order valence-corrected chi connectivity index (χ2v) is 6.25. The summed E-state index contributed by atoms with van der Waals surface area (Å²) in [5.74, 6) is 0.0335. The largest absolute Gasteiger partial charge is 0.496 e. The van der Waals surface area contributed by atoms with Crippen molar-refractivity contribution >= 4 is 23.2 Å². The van der Waals surface area contributed by atoms with Gasteiger partial charge in [0.05, 0.1) is 19.9 Å². The number of hydrogen-bond donors (Lipinski definition) is 1. The molecule has 3 aromatic rings. The Hall–Kier alpha value is -3.06. The first-order chi connectivity index (χ1) is 12.7. The summed E-state index contributed by atoms with van der Waals surface area (Å²) in [7, 11) is 1.50. The monoisotopic (exact) mass is 371 g/mol. The minimum atomic E-state index is -1.14. The van der Waals surface area contributed by atoms with Crippen molar-refractivity contribution in [3.63, 3.8) is 0 Å². The van der Waals surface area contributed by atoms with E-state index in [4.69, 9.17) is 13.9 Å². The molecule has 6 nitrogen and oxygen atoms in total. The quantitative estimate of drug-likeness (QED) is 0.643. The van der Waals surface area contributed by atoms with E-state index < -0.39 is 18.0 Å². The number of rotatable bonds is 7. The Bertz CT molecular complexity index is 858. The number of hydrogen-bond acceptors (Lipinski definition) is 6. The number of thiophene rings is 1. The normalized spacial score (nSPS) is 11.6. The fourth-order valence-corrected chi connectivity index (χ4v) is 2.99. The van der Waals surface area contributed by atoms with Gasteiger partial charge in [0.1, 0.15) is 16.4 Å². The summed E-state index contributed by atoms with van der Waals surface area (Å²) in [5, 5.41) is 4.49. The molecule has 3 rings (SSSR count).